The van der Waals surface area contributed by atoms with Crippen LogP contribution in [-0.4, -0.2) is 20.2 Å². The Labute approximate surface area is 169 Å². The molecule has 6 heteroatoms. The van der Waals surface area contributed by atoms with Gasteiger partial charge in [0.2, 0.25) is 7.37 Å². The zero-order chi connectivity index (χ0) is 20.3. The second kappa shape index (κ2) is 8.44. The molecule has 0 N–H and O–H groups in total. The van der Waals surface area contributed by atoms with E-state index in [4.69, 9.17) is 9.26 Å². The molecule has 146 valence electrons. The number of benzene rings is 2. The van der Waals surface area contributed by atoms with Gasteiger partial charge in [0.25, 0.3) is 0 Å². The maximum atomic E-state index is 13.7. The Kier molecular flexibility index (Phi) is 6.19. The monoisotopic (exact) mass is 414 g/mol. The molecule has 3 aromatic rings. The number of methoxy groups -OCH3 is 1. The van der Waals surface area contributed by atoms with Crippen LogP contribution in [-0.2, 0) is 20.0 Å². The van der Waals surface area contributed by atoms with E-state index >= 15 is 0 Å². The van der Waals surface area contributed by atoms with Crippen LogP contribution in [0.2, 0.25) is 0 Å². The maximum absolute atomic E-state index is 13.7. The van der Waals surface area contributed by atoms with Gasteiger partial charge in [-0.2, -0.15) is 0 Å². The number of hydrogen-bond acceptors (Lipinski definition) is 5. The van der Waals surface area contributed by atoms with E-state index in [-0.39, 0.29) is 6.16 Å². The normalized spacial score (nSPS) is 13.1. The van der Waals surface area contributed by atoms with Crippen molar-refractivity contribution in [3.05, 3.63) is 76.2 Å². The molecule has 0 saturated heterocycles. The zero-order valence-corrected chi connectivity index (χ0v) is 18.1. The first kappa shape index (κ1) is 20.5. The lowest BCUT2D eigenvalue weighted by Gasteiger charge is -2.19. The minimum absolute atomic E-state index is 0.140. The third-order valence-electron chi connectivity index (χ3n) is 4.63. The summed E-state index contributed by atoms with van der Waals surface area (Å²) in [6.45, 7) is 3.92. The average molecular weight is 414 g/mol. The number of rotatable bonds is 6. The molecule has 1 aromatic heterocycles. The van der Waals surface area contributed by atoms with E-state index < -0.39 is 13.3 Å². The van der Waals surface area contributed by atoms with Gasteiger partial charge in [0, 0.05) is 17.3 Å². The highest BCUT2D eigenvalue weighted by Gasteiger charge is 2.30. The SMILES string of the molecule is COC(=O)c1sc(-c2ccccc2)cc1CP(=O)(OC)c1ccc(C)cc1C. The Balaban J connectivity index is 2.07. The van der Waals surface area contributed by atoms with Crippen LogP contribution >= 0.6 is 18.7 Å². The first-order valence-electron chi connectivity index (χ1n) is 8.87. The zero-order valence-electron chi connectivity index (χ0n) is 16.4. The fourth-order valence-electron chi connectivity index (χ4n) is 3.22. The summed E-state index contributed by atoms with van der Waals surface area (Å²) in [5, 5.41) is 0.684. The number of esters is 1. The number of carbonyl (C=O) groups is 1. The van der Waals surface area contributed by atoms with Gasteiger partial charge in [0.15, 0.2) is 0 Å². The van der Waals surface area contributed by atoms with E-state index in [0.29, 0.717) is 15.7 Å². The minimum atomic E-state index is -3.19. The lowest BCUT2D eigenvalue weighted by atomic mass is 10.1. The van der Waals surface area contributed by atoms with E-state index in [1.165, 1.54) is 25.6 Å². The highest BCUT2D eigenvalue weighted by molar-refractivity contribution is 7.66. The predicted molar refractivity (Wildman–Crippen MR) is 115 cm³/mol. The van der Waals surface area contributed by atoms with Gasteiger partial charge >= 0.3 is 5.97 Å². The Morgan fingerprint density at radius 1 is 1.04 bits per heavy atom. The van der Waals surface area contributed by atoms with E-state index in [1.807, 2.05) is 68.4 Å². The van der Waals surface area contributed by atoms with Gasteiger partial charge in [0.05, 0.1) is 13.3 Å². The molecule has 0 aliphatic carbocycles. The molecule has 3 rings (SSSR count). The summed E-state index contributed by atoms with van der Waals surface area (Å²) < 4.78 is 24.2. The van der Waals surface area contributed by atoms with Crippen LogP contribution in [0.15, 0.2) is 54.6 Å². The van der Waals surface area contributed by atoms with Gasteiger partial charge in [-0.1, -0.05) is 48.0 Å². The number of ether oxygens (including phenoxy) is 1. The van der Waals surface area contributed by atoms with Crippen molar-refractivity contribution in [2.45, 2.75) is 20.0 Å². The molecular formula is C22H23O4PS. The summed E-state index contributed by atoms with van der Waals surface area (Å²) in [6, 6.07) is 17.5. The Morgan fingerprint density at radius 3 is 2.36 bits per heavy atom. The molecule has 2 aromatic carbocycles. The van der Waals surface area contributed by atoms with Crippen molar-refractivity contribution in [1.29, 1.82) is 0 Å². The van der Waals surface area contributed by atoms with Gasteiger partial charge in [-0.3, -0.25) is 4.57 Å². The first-order chi connectivity index (χ1) is 13.4. The summed E-state index contributed by atoms with van der Waals surface area (Å²) in [4.78, 5) is 13.8. The highest BCUT2D eigenvalue weighted by Crippen LogP contribution is 2.51. The van der Waals surface area contributed by atoms with Crippen molar-refractivity contribution in [3.63, 3.8) is 0 Å². The molecule has 4 nitrogen and oxygen atoms in total. The molecule has 0 radical (unpaired) electrons. The van der Waals surface area contributed by atoms with Crippen LogP contribution in [0.5, 0.6) is 0 Å². The second-order valence-corrected chi connectivity index (χ2v) is 10.2. The van der Waals surface area contributed by atoms with Crippen molar-refractivity contribution >= 4 is 30.0 Å². The lowest BCUT2D eigenvalue weighted by molar-refractivity contribution is 0.0605. The van der Waals surface area contributed by atoms with Crippen LogP contribution < -0.4 is 5.30 Å². The lowest BCUT2D eigenvalue weighted by Crippen LogP contribution is -2.13. The summed E-state index contributed by atoms with van der Waals surface area (Å²) in [5.74, 6) is -0.425. The number of thiophene rings is 1. The summed E-state index contributed by atoms with van der Waals surface area (Å²) in [5.41, 5.74) is 3.70. The summed E-state index contributed by atoms with van der Waals surface area (Å²) in [7, 11) is -0.373. The predicted octanol–water partition coefficient (Wildman–Crippen LogP) is 5.57. The van der Waals surface area contributed by atoms with E-state index in [1.54, 1.807) is 0 Å². The van der Waals surface area contributed by atoms with Crippen LogP contribution in [0, 0.1) is 13.8 Å². The van der Waals surface area contributed by atoms with Crippen molar-refractivity contribution in [2.24, 2.45) is 0 Å². The quantitative estimate of drug-likeness (QED) is 0.391. The fraction of sp³-hybridized carbons (Fsp3) is 0.227. The molecule has 28 heavy (non-hydrogen) atoms. The van der Waals surface area contributed by atoms with Crippen LogP contribution in [0.1, 0.15) is 26.4 Å². The van der Waals surface area contributed by atoms with Gasteiger partial charge in [-0.05, 0) is 42.7 Å². The number of hydrogen-bond donors (Lipinski definition) is 0. The van der Waals surface area contributed by atoms with Gasteiger partial charge in [-0.15, -0.1) is 11.3 Å². The van der Waals surface area contributed by atoms with Gasteiger partial charge < -0.3 is 9.26 Å². The van der Waals surface area contributed by atoms with Crippen molar-refractivity contribution in [2.75, 3.05) is 14.2 Å². The minimum Gasteiger partial charge on any atom is -0.465 e. The smallest absolute Gasteiger partial charge is 0.348 e. The third-order valence-corrected chi connectivity index (χ3v) is 8.42. The third kappa shape index (κ3) is 4.12. The van der Waals surface area contributed by atoms with Crippen LogP contribution in [0.3, 0.4) is 0 Å². The topological polar surface area (TPSA) is 52.6 Å². The Morgan fingerprint density at radius 2 is 1.75 bits per heavy atom. The largest absolute Gasteiger partial charge is 0.465 e. The summed E-state index contributed by atoms with van der Waals surface area (Å²) in [6.07, 6.45) is 0.140. The molecule has 0 spiro atoms. The highest BCUT2D eigenvalue weighted by atomic mass is 32.1. The molecule has 1 heterocycles. The van der Waals surface area contributed by atoms with E-state index in [0.717, 1.165) is 21.6 Å². The molecule has 1 unspecified atom stereocenters. The number of aryl methyl sites for hydroxylation is 2. The van der Waals surface area contributed by atoms with Crippen molar-refractivity contribution in [1.82, 2.24) is 0 Å². The molecule has 1 atom stereocenters. The van der Waals surface area contributed by atoms with Gasteiger partial charge in [0.1, 0.15) is 4.88 Å². The molecule has 0 saturated carbocycles. The second-order valence-electron chi connectivity index (χ2n) is 6.63. The van der Waals surface area contributed by atoms with Crippen LogP contribution in [0.4, 0.5) is 0 Å². The first-order valence-corrected chi connectivity index (χ1v) is 11.5. The van der Waals surface area contributed by atoms with E-state index in [2.05, 4.69) is 0 Å². The van der Waals surface area contributed by atoms with Crippen molar-refractivity contribution < 1.29 is 18.6 Å². The van der Waals surface area contributed by atoms with Crippen molar-refractivity contribution in [3.8, 4) is 10.4 Å². The van der Waals surface area contributed by atoms with Crippen LogP contribution in [0.25, 0.3) is 10.4 Å². The molecule has 0 bridgehead atoms. The molecule has 0 aliphatic rings. The Bertz CT molecular complexity index is 1040. The Hall–Kier alpha value is -2.20. The summed E-state index contributed by atoms with van der Waals surface area (Å²) >= 11 is 1.35. The standard InChI is InChI=1S/C22H23O4PS/c1-15-10-11-19(16(2)12-15)27(24,26-4)14-18-13-20(17-8-6-5-7-9-17)28-21(18)22(23)25-3/h5-13H,14H2,1-4H3. The average Bonchev–Trinajstić information content (AvgIpc) is 3.11. The fourth-order valence-corrected chi connectivity index (χ4v) is 6.52. The molecule has 0 aliphatic heterocycles. The maximum Gasteiger partial charge on any atom is 0.348 e. The molecule has 0 fully saturated rings. The number of carbonyl (C=O) groups excluding carboxylic acids is 1. The van der Waals surface area contributed by atoms with Gasteiger partial charge in [-0.25, -0.2) is 4.79 Å². The molecule has 0 amide bonds. The molecular weight excluding hydrogens is 391 g/mol. The van der Waals surface area contributed by atoms with E-state index in [9.17, 15) is 9.36 Å².